The van der Waals surface area contributed by atoms with Crippen LogP contribution in [0.2, 0.25) is 5.02 Å². The zero-order valence-electron chi connectivity index (χ0n) is 10.3. The maximum absolute atomic E-state index is 14.0. The lowest BCUT2D eigenvalue weighted by atomic mass is 9.62. The first kappa shape index (κ1) is 12.8. The molecule has 4 nitrogen and oxygen atoms in total. The Bertz CT molecular complexity index is 556. The lowest BCUT2D eigenvalue weighted by Crippen LogP contribution is -2.59. The number of hydrogen-bond acceptors (Lipinski definition) is 3. The molecule has 1 spiro atoms. The number of nitrogens with zero attached hydrogens (tertiary/aromatic N) is 2. The van der Waals surface area contributed by atoms with Crippen LogP contribution in [-0.2, 0) is 0 Å². The lowest BCUT2D eigenvalue weighted by molar-refractivity contribution is -0.170. The van der Waals surface area contributed by atoms with Gasteiger partial charge in [0.15, 0.2) is 0 Å². The Morgan fingerprint density at radius 2 is 2.11 bits per heavy atom. The second kappa shape index (κ2) is 4.16. The molecule has 1 saturated carbocycles. The number of piperidine rings is 1. The molecular formula is C12H14ClF2N3O. The highest BCUT2D eigenvalue weighted by Crippen LogP contribution is 2.56. The minimum absolute atomic E-state index is 0.0229. The normalized spacial score (nSPS) is 24.3. The van der Waals surface area contributed by atoms with Crippen LogP contribution < -0.4 is 10.5 Å². The summed E-state index contributed by atoms with van der Waals surface area (Å²) in [5.41, 5.74) is -0.983. The maximum atomic E-state index is 14.0. The number of H-pyrrole nitrogens is 1. The monoisotopic (exact) mass is 289 g/mol. The summed E-state index contributed by atoms with van der Waals surface area (Å²) in [4.78, 5) is 13.2. The first-order chi connectivity index (χ1) is 8.95. The highest BCUT2D eigenvalue weighted by atomic mass is 35.5. The van der Waals surface area contributed by atoms with Crippen LogP contribution in [0.25, 0.3) is 0 Å². The summed E-state index contributed by atoms with van der Waals surface area (Å²) < 4.78 is 28.1. The van der Waals surface area contributed by atoms with E-state index in [-0.39, 0.29) is 24.5 Å². The van der Waals surface area contributed by atoms with Crippen LogP contribution in [0.1, 0.15) is 25.7 Å². The summed E-state index contributed by atoms with van der Waals surface area (Å²) in [7, 11) is 0. The summed E-state index contributed by atoms with van der Waals surface area (Å²) in [6.07, 6.45) is 3.13. The van der Waals surface area contributed by atoms with Crippen LogP contribution in [0.3, 0.4) is 0 Å². The number of nitrogens with one attached hydrogen (secondary N) is 1. The number of rotatable bonds is 1. The highest BCUT2D eigenvalue weighted by Gasteiger charge is 2.59. The van der Waals surface area contributed by atoms with Crippen LogP contribution >= 0.6 is 11.6 Å². The van der Waals surface area contributed by atoms with E-state index in [1.165, 1.54) is 6.20 Å². The van der Waals surface area contributed by atoms with E-state index >= 15 is 0 Å². The minimum atomic E-state index is -2.62. The molecule has 0 radical (unpaired) electrons. The van der Waals surface area contributed by atoms with Crippen LogP contribution in [-0.4, -0.2) is 29.2 Å². The summed E-state index contributed by atoms with van der Waals surface area (Å²) >= 11 is 5.94. The van der Waals surface area contributed by atoms with Gasteiger partial charge in [0.2, 0.25) is 0 Å². The molecule has 1 saturated heterocycles. The lowest BCUT2D eigenvalue weighted by Gasteiger charge is -2.53. The average Bonchev–Trinajstić information content (AvgIpc) is 2.31. The molecule has 1 aliphatic heterocycles. The van der Waals surface area contributed by atoms with Gasteiger partial charge < -0.3 is 4.90 Å². The Kier molecular flexibility index (Phi) is 2.81. The molecule has 1 aromatic heterocycles. The Hall–Kier alpha value is -1.17. The summed E-state index contributed by atoms with van der Waals surface area (Å²) in [5, 5.41) is 5.95. The summed E-state index contributed by atoms with van der Waals surface area (Å²) in [6.45, 7) is 0.435. The zero-order chi connectivity index (χ0) is 13.7. The van der Waals surface area contributed by atoms with E-state index in [1.807, 2.05) is 0 Å². The molecule has 1 aliphatic carbocycles. The number of halogens is 3. The van der Waals surface area contributed by atoms with Crippen LogP contribution in [0, 0.1) is 5.41 Å². The van der Waals surface area contributed by atoms with E-state index in [2.05, 4.69) is 10.2 Å². The smallest absolute Gasteiger partial charge is 0.285 e. The fourth-order valence-corrected chi connectivity index (χ4v) is 3.24. The predicted molar refractivity (Wildman–Crippen MR) is 67.9 cm³/mol. The third kappa shape index (κ3) is 1.84. The van der Waals surface area contributed by atoms with E-state index < -0.39 is 16.9 Å². The molecule has 0 aromatic carbocycles. The SMILES string of the molecule is O=c1[nH]ncc(N2CCC(F)(F)C3(CCC3)C2)c1Cl. The second-order valence-corrected chi connectivity index (χ2v) is 5.79. The highest BCUT2D eigenvalue weighted by molar-refractivity contribution is 6.33. The Morgan fingerprint density at radius 3 is 2.74 bits per heavy atom. The van der Waals surface area contributed by atoms with Gasteiger partial charge >= 0.3 is 0 Å². The molecule has 19 heavy (non-hydrogen) atoms. The maximum Gasteiger partial charge on any atom is 0.285 e. The molecule has 1 N–H and O–H groups in total. The van der Waals surface area contributed by atoms with Crippen molar-refractivity contribution in [2.24, 2.45) is 5.41 Å². The fourth-order valence-electron chi connectivity index (χ4n) is 3.03. The van der Waals surface area contributed by atoms with Gasteiger partial charge in [0.25, 0.3) is 11.5 Å². The molecule has 104 valence electrons. The number of alkyl halides is 2. The van der Waals surface area contributed by atoms with Crippen molar-refractivity contribution in [2.75, 3.05) is 18.0 Å². The summed E-state index contributed by atoms with van der Waals surface area (Å²) in [5.74, 6) is -2.62. The number of anilines is 1. The molecule has 3 rings (SSSR count). The minimum Gasteiger partial charge on any atom is -0.368 e. The van der Waals surface area contributed by atoms with Gasteiger partial charge in [0.05, 0.1) is 17.3 Å². The molecular weight excluding hydrogens is 276 g/mol. The average molecular weight is 290 g/mol. The van der Waals surface area contributed by atoms with Gasteiger partial charge in [-0.25, -0.2) is 13.9 Å². The number of aromatic amines is 1. The van der Waals surface area contributed by atoms with Gasteiger partial charge in [0, 0.05) is 19.5 Å². The van der Waals surface area contributed by atoms with Gasteiger partial charge in [-0.15, -0.1) is 0 Å². The van der Waals surface area contributed by atoms with E-state index in [9.17, 15) is 13.6 Å². The first-order valence-corrected chi connectivity index (χ1v) is 6.69. The van der Waals surface area contributed by atoms with Crippen molar-refractivity contribution in [3.05, 3.63) is 21.6 Å². The quantitative estimate of drug-likeness (QED) is 0.864. The number of hydrogen-bond donors (Lipinski definition) is 1. The Morgan fingerprint density at radius 1 is 1.37 bits per heavy atom. The van der Waals surface area contributed by atoms with Crippen LogP contribution in [0.5, 0.6) is 0 Å². The first-order valence-electron chi connectivity index (χ1n) is 6.31. The van der Waals surface area contributed by atoms with Gasteiger partial charge in [-0.05, 0) is 12.8 Å². The third-order valence-corrected chi connectivity index (χ3v) is 4.76. The molecule has 0 amide bonds. The van der Waals surface area contributed by atoms with E-state index in [1.54, 1.807) is 4.90 Å². The van der Waals surface area contributed by atoms with Crippen LogP contribution in [0.15, 0.2) is 11.0 Å². The molecule has 0 atom stereocenters. The van der Waals surface area contributed by atoms with Crippen molar-refractivity contribution in [2.45, 2.75) is 31.6 Å². The molecule has 2 fully saturated rings. The van der Waals surface area contributed by atoms with Gasteiger partial charge in [-0.3, -0.25) is 4.79 Å². The fraction of sp³-hybridized carbons (Fsp3) is 0.667. The second-order valence-electron chi connectivity index (χ2n) is 5.41. The van der Waals surface area contributed by atoms with Crippen molar-refractivity contribution < 1.29 is 8.78 Å². The molecule has 0 bridgehead atoms. The van der Waals surface area contributed by atoms with E-state index in [4.69, 9.17) is 11.6 Å². The molecule has 2 heterocycles. The Labute approximate surface area is 113 Å². The van der Waals surface area contributed by atoms with E-state index in [0.29, 0.717) is 18.5 Å². The molecule has 1 aromatic rings. The molecule has 0 unspecified atom stereocenters. The number of aromatic nitrogens is 2. The van der Waals surface area contributed by atoms with E-state index in [0.717, 1.165) is 6.42 Å². The van der Waals surface area contributed by atoms with Crippen molar-refractivity contribution in [1.29, 1.82) is 0 Å². The van der Waals surface area contributed by atoms with Gasteiger partial charge in [0.1, 0.15) is 5.02 Å². The standard InChI is InChI=1S/C12H14ClF2N3O/c13-9-8(6-16-17-10(9)19)18-5-4-12(14,15)11(7-18)2-1-3-11/h6H,1-5,7H2,(H,17,19). The summed E-state index contributed by atoms with van der Waals surface area (Å²) in [6, 6.07) is 0. The molecule has 2 aliphatic rings. The van der Waals surface area contributed by atoms with Crippen LogP contribution in [0.4, 0.5) is 14.5 Å². The topological polar surface area (TPSA) is 49.0 Å². The van der Waals surface area contributed by atoms with Crippen molar-refractivity contribution >= 4 is 17.3 Å². The molecule has 7 heteroatoms. The van der Waals surface area contributed by atoms with Crippen molar-refractivity contribution in [3.8, 4) is 0 Å². The van der Waals surface area contributed by atoms with Crippen molar-refractivity contribution in [1.82, 2.24) is 10.2 Å². The predicted octanol–water partition coefficient (Wildman–Crippen LogP) is 2.44. The van der Waals surface area contributed by atoms with Gasteiger partial charge in [-0.2, -0.15) is 5.10 Å². The third-order valence-electron chi connectivity index (χ3n) is 4.39. The van der Waals surface area contributed by atoms with Gasteiger partial charge in [-0.1, -0.05) is 18.0 Å². The largest absolute Gasteiger partial charge is 0.368 e. The Balaban J connectivity index is 1.92. The zero-order valence-corrected chi connectivity index (χ0v) is 11.0. The van der Waals surface area contributed by atoms with Crippen molar-refractivity contribution in [3.63, 3.8) is 0 Å².